The summed E-state index contributed by atoms with van der Waals surface area (Å²) >= 11 is 0. The number of alkyl halides is 2. The second kappa shape index (κ2) is 7.72. The van der Waals surface area contributed by atoms with Crippen molar-refractivity contribution >= 4 is 11.9 Å². The van der Waals surface area contributed by atoms with Gasteiger partial charge in [-0.05, 0) is 37.6 Å². The third-order valence-corrected chi connectivity index (χ3v) is 3.50. The summed E-state index contributed by atoms with van der Waals surface area (Å²) in [7, 11) is 1.36. The highest BCUT2D eigenvalue weighted by Crippen LogP contribution is 2.29. The van der Waals surface area contributed by atoms with Crippen molar-refractivity contribution in [1.29, 1.82) is 0 Å². The first kappa shape index (κ1) is 17.7. The van der Waals surface area contributed by atoms with Crippen molar-refractivity contribution in [1.82, 2.24) is 9.78 Å². The van der Waals surface area contributed by atoms with Gasteiger partial charge in [-0.1, -0.05) is 12.1 Å². The monoisotopic (exact) mass is 336 g/mol. The lowest BCUT2D eigenvalue weighted by Gasteiger charge is -2.10. The van der Waals surface area contributed by atoms with Crippen LogP contribution in [0.25, 0.3) is 6.08 Å². The molecule has 2 aromatic rings. The number of carbonyl (C=O) groups excluding carboxylic acids is 1. The zero-order chi connectivity index (χ0) is 17.7. The Kier molecular flexibility index (Phi) is 5.68. The number of carbonyl (C=O) groups is 1. The standard InChI is InChI=1S/C17H18F2N2O3/c1-4-21-11(2)13(10-20-21)14(22)7-5-12-6-8-15(24-17(18)19)16(9-12)23-3/h5-10,17H,4H2,1-3H3. The van der Waals surface area contributed by atoms with Crippen molar-refractivity contribution in [2.45, 2.75) is 27.0 Å². The Labute approximate surface area is 138 Å². The van der Waals surface area contributed by atoms with Gasteiger partial charge in [0.2, 0.25) is 0 Å². The van der Waals surface area contributed by atoms with Crippen LogP contribution in [0.5, 0.6) is 11.5 Å². The van der Waals surface area contributed by atoms with Gasteiger partial charge in [0.25, 0.3) is 0 Å². The van der Waals surface area contributed by atoms with Gasteiger partial charge in [0.15, 0.2) is 17.3 Å². The van der Waals surface area contributed by atoms with Crippen LogP contribution in [0.4, 0.5) is 8.78 Å². The molecule has 128 valence electrons. The van der Waals surface area contributed by atoms with Crippen LogP contribution in [0.1, 0.15) is 28.5 Å². The number of allylic oxidation sites excluding steroid dienone is 1. The van der Waals surface area contributed by atoms with Gasteiger partial charge in [-0.15, -0.1) is 0 Å². The normalized spacial score (nSPS) is 11.2. The minimum Gasteiger partial charge on any atom is -0.493 e. The summed E-state index contributed by atoms with van der Waals surface area (Å²) in [6.07, 6.45) is 4.53. The maximum Gasteiger partial charge on any atom is 0.387 e. The number of aryl methyl sites for hydroxylation is 1. The van der Waals surface area contributed by atoms with Crippen LogP contribution < -0.4 is 9.47 Å². The highest BCUT2D eigenvalue weighted by molar-refractivity contribution is 6.07. The van der Waals surface area contributed by atoms with Gasteiger partial charge in [0, 0.05) is 12.2 Å². The van der Waals surface area contributed by atoms with E-state index < -0.39 is 6.61 Å². The van der Waals surface area contributed by atoms with E-state index in [2.05, 4.69) is 9.84 Å². The number of nitrogens with zero attached hydrogens (tertiary/aromatic N) is 2. The molecule has 0 fully saturated rings. The number of hydrogen-bond acceptors (Lipinski definition) is 4. The molecule has 0 spiro atoms. The molecule has 0 aliphatic rings. The minimum atomic E-state index is -2.93. The first-order chi connectivity index (χ1) is 11.5. The molecule has 1 aromatic heterocycles. The third kappa shape index (κ3) is 3.98. The Morgan fingerprint density at radius 2 is 2.12 bits per heavy atom. The fraction of sp³-hybridized carbons (Fsp3) is 0.294. The molecule has 5 nitrogen and oxygen atoms in total. The molecule has 0 atom stereocenters. The molecule has 1 heterocycles. The molecule has 0 saturated heterocycles. The number of hydrogen-bond donors (Lipinski definition) is 0. The SMILES string of the molecule is CCn1ncc(C(=O)C=Cc2ccc(OC(F)F)c(OC)c2)c1C. The topological polar surface area (TPSA) is 53.4 Å². The number of rotatable bonds is 7. The van der Waals surface area contributed by atoms with E-state index in [-0.39, 0.29) is 17.3 Å². The van der Waals surface area contributed by atoms with Crippen molar-refractivity contribution in [3.8, 4) is 11.5 Å². The van der Waals surface area contributed by atoms with E-state index in [0.717, 1.165) is 5.69 Å². The van der Waals surface area contributed by atoms with Crippen molar-refractivity contribution in [2.75, 3.05) is 7.11 Å². The molecule has 0 amide bonds. The first-order valence-electron chi connectivity index (χ1n) is 7.34. The Hall–Kier alpha value is -2.70. The van der Waals surface area contributed by atoms with E-state index in [1.54, 1.807) is 16.8 Å². The Morgan fingerprint density at radius 3 is 2.71 bits per heavy atom. The molecule has 24 heavy (non-hydrogen) atoms. The number of ether oxygens (including phenoxy) is 2. The van der Waals surface area contributed by atoms with E-state index >= 15 is 0 Å². The van der Waals surface area contributed by atoms with Crippen LogP contribution in [0.2, 0.25) is 0 Å². The summed E-state index contributed by atoms with van der Waals surface area (Å²) < 4.78 is 35.7. The van der Waals surface area contributed by atoms with Crippen LogP contribution in [0.15, 0.2) is 30.5 Å². The smallest absolute Gasteiger partial charge is 0.387 e. The number of halogens is 2. The van der Waals surface area contributed by atoms with Crippen molar-refractivity contribution in [3.05, 3.63) is 47.3 Å². The number of benzene rings is 1. The Bertz CT molecular complexity index is 754. The quantitative estimate of drug-likeness (QED) is 0.571. The van der Waals surface area contributed by atoms with E-state index in [9.17, 15) is 13.6 Å². The number of aromatic nitrogens is 2. The third-order valence-electron chi connectivity index (χ3n) is 3.50. The van der Waals surface area contributed by atoms with Gasteiger partial charge in [0.1, 0.15) is 0 Å². The second-order valence-corrected chi connectivity index (χ2v) is 4.95. The molecular formula is C17H18F2N2O3. The summed E-state index contributed by atoms with van der Waals surface area (Å²) in [5.41, 5.74) is 1.95. The summed E-state index contributed by atoms with van der Waals surface area (Å²) in [6, 6.07) is 4.45. The second-order valence-electron chi connectivity index (χ2n) is 4.95. The Morgan fingerprint density at radius 1 is 1.38 bits per heavy atom. The van der Waals surface area contributed by atoms with Crippen molar-refractivity contribution < 1.29 is 23.0 Å². The van der Waals surface area contributed by atoms with Crippen LogP contribution in [0, 0.1) is 6.92 Å². The zero-order valence-electron chi connectivity index (χ0n) is 13.6. The lowest BCUT2D eigenvalue weighted by atomic mass is 10.1. The minimum absolute atomic E-state index is 0.0592. The van der Waals surface area contributed by atoms with E-state index in [0.29, 0.717) is 17.7 Å². The summed E-state index contributed by atoms with van der Waals surface area (Å²) in [6.45, 7) is 1.53. The van der Waals surface area contributed by atoms with Crippen LogP contribution in [0.3, 0.4) is 0 Å². The van der Waals surface area contributed by atoms with Gasteiger partial charge in [0.05, 0.1) is 18.9 Å². The molecule has 0 N–H and O–H groups in total. The first-order valence-corrected chi connectivity index (χ1v) is 7.34. The largest absolute Gasteiger partial charge is 0.493 e. The average Bonchev–Trinajstić information content (AvgIpc) is 2.93. The summed E-state index contributed by atoms with van der Waals surface area (Å²) in [5, 5.41) is 4.13. The van der Waals surface area contributed by atoms with Crippen LogP contribution >= 0.6 is 0 Å². The molecule has 0 saturated carbocycles. The molecule has 0 aliphatic heterocycles. The van der Waals surface area contributed by atoms with E-state index in [4.69, 9.17) is 4.74 Å². The lowest BCUT2D eigenvalue weighted by Crippen LogP contribution is -2.03. The molecule has 1 aromatic carbocycles. The van der Waals surface area contributed by atoms with Crippen LogP contribution in [-0.2, 0) is 6.54 Å². The molecule has 7 heteroatoms. The molecule has 2 rings (SSSR count). The Balaban J connectivity index is 2.19. The van der Waals surface area contributed by atoms with Crippen LogP contribution in [-0.4, -0.2) is 29.3 Å². The highest BCUT2D eigenvalue weighted by Gasteiger charge is 2.12. The summed E-state index contributed by atoms with van der Waals surface area (Å²) in [5.74, 6) is -0.0741. The fourth-order valence-corrected chi connectivity index (χ4v) is 2.25. The average molecular weight is 336 g/mol. The lowest BCUT2D eigenvalue weighted by molar-refractivity contribution is -0.0512. The predicted molar refractivity (Wildman–Crippen MR) is 85.6 cm³/mol. The maximum absolute atomic E-state index is 12.3. The molecular weight excluding hydrogens is 318 g/mol. The van der Waals surface area contributed by atoms with Gasteiger partial charge < -0.3 is 9.47 Å². The summed E-state index contributed by atoms with van der Waals surface area (Å²) in [4.78, 5) is 12.2. The molecule has 0 unspecified atom stereocenters. The molecule has 0 bridgehead atoms. The predicted octanol–water partition coefficient (Wildman–Crippen LogP) is 3.72. The maximum atomic E-state index is 12.3. The van der Waals surface area contributed by atoms with E-state index in [1.165, 1.54) is 31.5 Å². The highest BCUT2D eigenvalue weighted by atomic mass is 19.3. The number of methoxy groups -OCH3 is 1. The molecule has 0 aliphatic carbocycles. The molecule has 0 radical (unpaired) electrons. The zero-order valence-corrected chi connectivity index (χ0v) is 13.6. The van der Waals surface area contributed by atoms with E-state index in [1.807, 2.05) is 13.8 Å². The fourth-order valence-electron chi connectivity index (χ4n) is 2.25. The van der Waals surface area contributed by atoms with Crippen molar-refractivity contribution in [3.63, 3.8) is 0 Å². The van der Waals surface area contributed by atoms with Gasteiger partial charge in [-0.3, -0.25) is 9.48 Å². The van der Waals surface area contributed by atoms with Crippen molar-refractivity contribution in [2.24, 2.45) is 0 Å². The van der Waals surface area contributed by atoms with Gasteiger partial charge in [-0.2, -0.15) is 13.9 Å². The number of ketones is 1. The van der Waals surface area contributed by atoms with Gasteiger partial charge in [-0.25, -0.2) is 0 Å². The van der Waals surface area contributed by atoms with Gasteiger partial charge >= 0.3 is 6.61 Å².